The zero-order valence-corrected chi connectivity index (χ0v) is 11.1. The number of anilines is 1. The summed E-state index contributed by atoms with van der Waals surface area (Å²) < 4.78 is 5.20. The summed E-state index contributed by atoms with van der Waals surface area (Å²) in [5.74, 6) is 0.738. The van der Waals surface area contributed by atoms with Gasteiger partial charge >= 0.3 is 0 Å². The van der Waals surface area contributed by atoms with Crippen molar-refractivity contribution in [1.29, 1.82) is 0 Å². The van der Waals surface area contributed by atoms with Gasteiger partial charge in [-0.1, -0.05) is 5.16 Å². The molecule has 1 saturated heterocycles. The molecule has 104 valence electrons. The maximum Gasteiger partial charge on any atom is 0.172 e. The average molecular weight is 264 g/mol. The lowest BCUT2D eigenvalue weighted by atomic mass is 9.97. The molecule has 2 heterocycles. The molecular formula is C13H20N4O2. The van der Waals surface area contributed by atoms with E-state index >= 15 is 0 Å². The van der Waals surface area contributed by atoms with Crippen molar-refractivity contribution in [2.24, 2.45) is 16.8 Å². The summed E-state index contributed by atoms with van der Waals surface area (Å²) in [7, 11) is 1.74. The number of rotatable bonds is 4. The lowest BCUT2D eigenvalue weighted by Crippen LogP contribution is -2.36. The molecule has 0 spiro atoms. The number of aromatic nitrogens is 1. The van der Waals surface area contributed by atoms with E-state index in [2.05, 4.69) is 15.0 Å². The first kappa shape index (κ1) is 13.6. The quantitative estimate of drug-likeness (QED) is 0.367. The van der Waals surface area contributed by atoms with E-state index in [1.165, 1.54) is 0 Å². The number of nitrogens with zero attached hydrogens (tertiary/aromatic N) is 3. The molecule has 0 saturated carbocycles. The van der Waals surface area contributed by atoms with Crippen molar-refractivity contribution in [3.63, 3.8) is 0 Å². The van der Waals surface area contributed by atoms with E-state index < -0.39 is 0 Å². The molecule has 0 aliphatic carbocycles. The van der Waals surface area contributed by atoms with Crippen LogP contribution < -0.4 is 10.6 Å². The summed E-state index contributed by atoms with van der Waals surface area (Å²) in [4.78, 5) is 6.36. The fourth-order valence-corrected chi connectivity index (χ4v) is 2.48. The van der Waals surface area contributed by atoms with Gasteiger partial charge in [0.1, 0.15) is 0 Å². The molecule has 1 aliphatic heterocycles. The van der Waals surface area contributed by atoms with E-state index in [1.807, 2.05) is 0 Å². The number of ether oxygens (including phenoxy) is 1. The van der Waals surface area contributed by atoms with Crippen LogP contribution in [0.3, 0.4) is 0 Å². The van der Waals surface area contributed by atoms with Crippen molar-refractivity contribution in [3.05, 3.63) is 24.0 Å². The van der Waals surface area contributed by atoms with E-state index in [0.29, 0.717) is 5.92 Å². The van der Waals surface area contributed by atoms with E-state index in [-0.39, 0.29) is 5.84 Å². The number of nitrogens with two attached hydrogens (primary N) is 1. The van der Waals surface area contributed by atoms with Crippen molar-refractivity contribution in [2.45, 2.75) is 12.8 Å². The summed E-state index contributed by atoms with van der Waals surface area (Å²) in [6, 6.07) is 1.77. The highest BCUT2D eigenvalue weighted by atomic mass is 16.5. The zero-order valence-electron chi connectivity index (χ0n) is 11.1. The first-order chi connectivity index (χ1) is 9.26. The topological polar surface area (TPSA) is 84.0 Å². The van der Waals surface area contributed by atoms with Crippen molar-refractivity contribution < 1.29 is 9.94 Å². The molecule has 19 heavy (non-hydrogen) atoms. The van der Waals surface area contributed by atoms with Gasteiger partial charge in [-0.05, 0) is 24.8 Å². The summed E-state index contributed by atoms with van der Waals surface area (Å²) in [6.45, 7) is 2.69. The minimum atomic E-state index is 0.122. The monoisotopic (exact) mass is 264 g/mol. The van der Waals surface area contributed by atoms with Crippen LogP contribution in [-0.2, 0) is 4.74 Å². The minimum Gasteiger partial charge on any atom is -0.409 e. The Morgan fingerprint density at radius 3 is 2.95 bits per heavy atom. The third-order valence-electron chi connectivity index (χ3n) is 3.54. The Labute approximate surface area is 112 Å². The standard InChI is InChI=1S/C13H20N4O2/c1-19-9-10-3-6-17(7-4-10)12-8-15-5-2-11(12)13(14)16-18/h2,5,8,10,18H,3-4,6-7,9H2,1H3,(H2,14,16). The molecule has 0 bridgehead atoms. The highest BCUT2D eigenvalue weighted by molar-refractivity contribution is 6.02. The Balaban J connectivity index is 2.11. The molecule has 0 unspecified atom stereocenters. The lowest BCUT2D eigenvalue weighted by molar-refractivity contribution is 0.139. The zero-order chi connectivity index (χ0) is 13.7. The second-order valence-corrected chi connectivity index (χ2v) is 4.76. The Hall–Kier alpha value is -1.82. The summed E-state index contributed by atoms with van der Waals surface area (Å²) in [5.41, 5.74) is 7.35. The molecule has 2 rings (SSSR count). The molecule has 3 N–H and O–H groups in total. The molecule has 1 aliphatic rings. The summed E-state index contributed by atoms with van der Waals surface area (Å²) >= 11 is 0. The van der Waals surface area contributed by atoms with Gasteiger partial charge in [0.05, 0.1) is 11.9 Å². The van der Waals surface area contributed by atoms with Crippen molar-refractivity contribution in [3.8, 4) is 0 Å². The van der Waals surface area contributed by atoms with Crippen LogP contribution in [0.15, 0.2) is 23.6 Å². The van der Waals surface area contributed by atoms with Crippen LogP contribution >= 0.6 is 0 Å². The van der Waals surface area contributed by atoms with Gasteiger partial charge in [-0.2, -0.15) is 0 Å². The number of piperidine rings is 1. The number of pyridine rings is 1. The first-order valence-electron chi connectivity index (χ1n) is 6.42. The van der Waals surface area contributed by atoms with Gasteiger partial charge in [-0.3, -0.25) is 4.98 Å². The van der Waals surface area contributed by atoms with E-state index in [9.17, 15) is 0 Å². The van der Waals surface area contributed by atoms with Crippen LogP contribution in [0.4, 0.5) is 5.69 Å². The molecule has 0 amide bonds. The predicted octanol–water partition coefficient (Wildman–Crippen LogP) is 1.04. The van der Waals surface area contributed by atoms with E-state index in [1.54, 1.807) is 25.6 Å². The van der Waals surface area contributed by atoms with Gasteiger partial charge in [0.2, 0.25) is 0 Å². The van der Waals surface area contributed by atoms with Crippen LogP contribution in [0.25, 0.3) is 0 Å². The fraction of sp³-hybridized carbons (Fsp3) is 0.538. The number of oxime groups is 1. The van der Waals surface area contributed by atoms with Gasteiger partial charge < -0.3 is 20.6 Å². The van der Waals surface area contributed by atoms with Gasteiger partial charge in [0.15, 0.2) is 5.84 Å². The molecule has 6 heteroatoms. The highest BCUT2D eigenvalue weighted by Gasteiger charge is 2.21. The van der Waals surface area contributed by atoms with Crippen molar-refractivity contribution >= 4 is 11.5 Å². The van der Waals surface area contributed by atoms with Crippen LogP contribution in [-0.4, -0.2) is 42.8 Å². The lowest BCUT2D eigenvalue weighted by Gasteiger charge is -2.34. The van der Waals surface area contributed by atoms with Crippen LogP contribution in [0.2, 0.25) is 0 Å². The number of hydrogen-bond donors (Lipinski definition) is 2. The Kier molecular flexibility index (Phi) is 4.57. The SMILES string of the molecule is COCC1CCN(c2cnccc2/C(N)=N/O)CC1. The van der Waals surface area contributed by atoms with Gasteiger partial charge in [0, 0.05) is 38.6 Å². The first-order valence-corrected chi connectivity index (χ1v) is 6.42. The maximum atomic E-state index is 8.83. The van der Waals surface area contributed by atoms with E-state index in [0.717, 1.165) is 43.8 Å². The molecule has 0 atom stereocenters. The van der Waals surface area contributed by atoms with Gasteiger partial charge in [0.25, 0.3) is 0 Å². The summed E-state index contributed by atoms with van der Waals surface area (Å²) in [5, 5.41) is 11.9. The van der Waals surface area contributed by atoms with Crippen LogP contribution in [0, 0.1) is 5.92 Å². The van der Waals surface area contributed by atoms with Crippen LogP contribution in [0.1, 0.15) is 18.4 Å². The third-order valence-corrected chi connectivity index (χ3v) is 3.54. The molecule has 1 aromatic heterocycles. The highest BCUT2D eigenvalue weighted by Crippen LogP contribution is 2.25. The fourth-order valence-electron chi connectivity index (χ4n) is 2.48. The molecule has 1 fully saturated rings. The molecule has 0 aromatic carbocycles. The molecule has 1 aromatic rings. The number of amidine groups is 1. The third kappa shape index (κ3) is 3.14. The second-order valence-electron chi connectivity index (χ2n) is 4.76. The largest absolute Gasteiger partial charge is 0.409 e. The van der Waals surface area contributed by atoms with Crippen LogP contribution in [0.5, 0.6) is 0 Å². The van der Waals surface area contributed by atoms with Crippen molar-refractivity contribution in [1.82, 2.24) is 4.98 Å². The molecule has 6 nitrogen and oxygen atoms in total. The van der Waals surface area contributed by atoms with Gasteiger partial charge in [-0.25, -0.2) is 0 Å². The Morgan fingerprint density at radius 1 is 1.58 bits per heavy atom. The maximum absolute atomic E-state index is 8.83. The predicted molar refractivity (Wildman–Crippen MR) is 73.6 cm³/mol. The minimum absolute atomic E-state index is 0.122. The summed E-state index contributed by atoms with van der Waals surface area (Å²) in [6.07, 6.45) is 5.58. The van der Waals surface area contributed by atoms with Gasteiger partial charge in [-0.15, -0.1) is 0 Å². The molecular weight excluding hydrogens is 244 g/mol. The average Bonchev–Trinajstić information content (AvgIpc) is 2.47. The van der Waals surface area contributed by atoms with Crippen molar-refractivity contribution in [2.75, 3.05) is 31.7 Å². The Morgan fingerprint density at radius 2 is 2.32 bits per heavy atom. The van der Waals surface area contributed by atoms with E-state index in [4.69, 9.17) is 15.7 Å². The molecule has 0 radical (unpaired) electrons. The number of methoxy groups -OCH3 is 1. The number of hydrogen-bond acceptors (Lipinski definition) is 5. The normalized spacial score (nSPS) is 17.7. The smallest absolute Gasteiger partial charge is 0.172 e. The Bertz CT molecular complexity index is 442. The second kappa shape index (κ2) is 6.38.